The lowest BCUT2D eigenvalue weighted by molar-refractivity contribution is 0.251. The molecule has 6 nitrogen and oxygen atoms in total. The summed E-state index contributed by atoms with van der Waals surface area (Å²) in [5.74, 6) is 0.439. The van der Waals surface area contributed by atoms with E-state index in [1.807, 2.05) is 42.5 Å². The first-order chi connectivity index (χ1) is 11.7. The van der Waals surface area contributed by atoms with Gasteiger partial charge in [0.1, 0.15) is 0 Å². The van der Waals surface area contributed by atoms with E-state index in [2.05, 4.69) is 20.8 Å². The van der Waals surface area contributed by atoms with Crippen LogP contribution in [0.15, 0.2) is 59.0 Å². The molecule has 2 amide bonds. The molecule has 3 aromatic rings. The summed E-state index contributed by atoms with van der Waals surface area (Å²) in [6.45, 7) is 0.369. The topological polar surface area (TPSA) is 80.0 Å². The largest absolute Gasteiger partial charge is 0.407 e. The van der Waals surface area contributed by atoms with Crippen LogP contribution in [0.3, 0.4) is 0 Å². The van der Waals surface area contributed by atoms with Crippen LogP contribution in [0.1, 0.15) is 17.0 Å². The predicted molar refractivity (Wildman–Crippen MR) is 90.9 cm³/mol. The number of benzene rings is 2. The first-order valence-electron chi connectivity index (χ1n) is 7.34. The second-order valence-electron chi connectivity index (χ2n) is 5.10. The molecule has 0 bridgehead atoms. The number of halogens is 1. The number of carbonyl (C=O) groups is 1. The monoisotopic (exact) mass is 342 g/mol. The Morgan fingerprint density at radius 2 is 1.75 bits per heavy atom. The van der Waals surface area contributed by atoms with E-state index in [1.54, 1.807) is 12.1 Å². The van der Waals surface area contributed by atoms with Gasteiger partial charge in [0.15, 0.2) is 0 Å². The lowest BCUT2D eigenvalue weighted by atomic mass is 10.2. The molecule has 2 N–H and O–H groups in total. The van der Waals surface area contributed by atoms with E-state index in [0.29, 0.717) is 23.9 Å². The van der Waals surface area contributed by atoms with Crippen molar-refractivity contribution in [3.05, 3.63) is 76.6 Å². The third kappa shape index (κ3) is 4.57. The summed E-state index contributed by atoms with van der Waals surface area (Å²) in [5.41, 5.74) is 1.99. The number of nitrogens with zero attached hydrogens (tertiary/aromatic N) is 2. The van der Waals surface area contributed by atoms with Crippen molar-refractivity contribution in [1.29, 1.82) is 0 Å². The van der Waals surface area contributed by atoms with Gasteiger partial charge < -0.3 is 9.73 Å². The standard InChI is InChI=1S/C17H15ClN4O2/c18-14-8-6-13(7-9-14)11-19-16(23)20-17-22-21-15(24-17)10-12-4-2-1-3-5-12/h1-9H,10-11H2,(H2,19,20,22,23). The molecule has 122 valence electrons. The van der Waals surface area contributed by atoms with Crippen LogP contribution in [0.5, 0.6) is 0 Å². The molecular weight excluding hydrogens is 328 g/mol. The summed E-state index contributed by atoms with van der Waals surface area (Å²) in [6, 6.07) is 16.6. The number of nitrogens with one attached hydrogen (secondary N) is 2. The molecule has 24 heavy (non-hydrogen) atoms. The van der Waals surface area contributed by atoms with Gasteiger partial charge in [0.2, 0.25) is 5.89 Å². The minimum Gasteiger partial charge on any atom is -0.407 e. The van der Waals surface area contributed by atoms with E-state index < -0.39 is 6.03 Å². The van der Waals surface area contributed by atoms with Crippen LogP contribution >= 0.6 is 11.6 Å². The summed E-state index contributed by atoms with van der Waals surface area (Å²) in [7, 11) is 0. The van der Waals surface area contributed by atoms with E-state index >= 15 is 0 Å². The number of hydrogen-bond acceptors (Lipinski definition) is 4. The molecule has 0 aliphatic carbocycles. The molecule has 0 atom stereocenters. The highest BCUT2D eigenvalue weighted by Gasteiger charge is 2.10. The molecule has 1 heterocycles. The van der Waals surface area contributed by atoms with E-state index in [0.717, 1.165) is 11.1 Å². The number of carbonyl (C=O) groups excluding carboxylic acids is 1. The number of aromatic nitrogens is 2. The van der Waals surface area contributed by atoms with Crippen molar-refractivity contribution in [2.75, 3.05) is 5.32 Å². The van der Waals surface area contributed by atoms with Crippen LogP contribution in [0.2, 0.25) is 5.02 Å². The smallest absolute Gasteiger partial charge is 0.323 e. The van der Waals surface area contributed by atoms with Gasteiger partial charge >= 0.3 is 12.0 Å². The Morgan fingerprint density at radius 1 is 1.00 bits per heavy atom. The van der Waals surface area contributed by atoms with Gasteiger partial charge in [0.25, 0.3) is 0 Å². The molecule has 2 aromatic carbocycles. The van der Waals surface area contributed by atoms with Crippen LogP contribution in [-0.2, 0) is 13.0 Å². The molecule has 0 aliphatic heterocycles. The Hall–Kier alpha value is -2.86. The van der Waals surface area contributed by atoms with E-state index in [4.69, 9.17) is 16.0 Å². The average molecular weight is 343 g/mol. The molecular formula is C17H15ClN4O2. The Kier molecular flexibility index (Phi) is 5.08. The molecule has 0 aliphatic rings. The fourth-order valence-electron chi connectivity index (χ4n) is 2.07. The minimum absolute atomic E-state index is 0.0644. The zero-order chi connectivity index (χ0) is 16.8. The quantitative estimate of drug-likeness (QED) is 0.742. The van der Waals surface area contributed by atoms with Crippen LogP contribution in [0, 0.1) is 0 Å². The summed E-state index contributed by atoms with van der Waals surface area (Å²) in [4.78, 5) is 11.8. The van der Waals surface area contributed by atoms with Crippen LogP contribution < -0.4 is 10.6 Å². The predicted octanol–water partition coefficient (Wildman–Crippen LogP) is 3.64. The highest BCUT2D eigenvalue weighted by molar-refractivity contribution is 6.30. The zero-order valence-electron chi connectivity index (χ0n) is 12.7. The highest BCUT2D eigenvalue weighted by Crippen LogP contribution is 2.11. The molecule has 0 radical (unpaired) electrons. The van der Waals surface area contributed by atoms with Gasteiger partial charge in [-0.05, 0) is 23.3 Å². The first-order valence-corrected chi connectivity index (χ1v) is 7.72. The molecule has 0 fully saturated rings. The fourth-order valence-corrected chi connectivity index (χ4v) is 2.20. The molecule has 0 spiro atoms. The Morgan fingerprint density at radius 3 is 2.50 bits per heavy atom. The Balaban J connectivity index is 1.50. The lowest BCUT2D eigenvalue weighted by Gasteiger charge is -2.04. The highest BCUT2D eigenvalue weighted by atomic mass is 35.5. The zero-order valence-corrected chi connectivity index (χ0v) is 13.5. The molecule has 7 heteroatoms. The van der Waals surface area contributed by atoms with Gasteiger partial charge in [-0.2, -0.15) is 0 Å². The maximum atomic E-state index is 11.8. The third-order valence-electron chi connectivity index (χ3n) is 3.25. The van der Waals surface area contributed by atoms with Crippen molar-refractivity contribution in [1.82, 2.24) is 15.5 Å². The number of rotatable bonds is 5. The third-order valence-corrected chi connectivity index (χ3v) is 3.50. The fraction of sp³-hybridized carbons (Fsp3) is 0.118. The normalized spacial score (nSPS) is 10.4. The van der Waals surface area contributed by atoms with Crippen molar-refractivity contribution < 1.29 is 9.21 Å². The molecule has 0 unspecified atom stereocenters. The summed E-state index contributed by atoms with van der Waals surface area (Å²) in [5, 5.41) is 13.6. The van der Waals surface area contributed by atoms with E-state index in [9.17, 15) is 4.79 Å². The lowest BCUT2D eigenvalue weighted by Crippen LogP contribution is -2.28. The summed E-state index contributed by atoms with van der Waals surface area (Å²) in [6.07, 6.45) is 0.516. The van der Waals surface area contributed by atoms with Crippen molar-refractivity contribution in [3.8, 4) is 0 Å². The SMILES string of the molecule is O=C(NCc1ccc(Cl)cc1)Nc1nnc(Cc2ccccc2)o1. The second kappa shape index (κ2) is 7.61. The van der Waals surface area contributed by atoms with Gasteiger partial charge in [0.05, 0.1) is 6.42 Å². The van der Waals surface area contributed by atoms with Crippen molar-refractivity contribution in [2.45, 2.75) is 13.0 Å². The summed E-state index contributed by atoms with van der Waals surface area (Å²) >= 11 is 5.81. The van der Waals surface area contributed by atoms with Crippen molar-refractivity contribution in [3.63, 3.8) is 0 Å². The molecule has 3 rings (SSSR count). The van der Waals surface area contributed by atoms with Gasteiger partial charge in [-0.15, -0.1) is 5.10 Å². The van der Waals surface area contributed by atoms with Gasteiger partial charge in [-0.1, -0.05) is 59.2 Å². The van der Waals surface area contributed by atoms with Crippen molar-refractivity contribution >= 4 is 23.6 Å². The van der Waals surface area contributed by atoms with Crippen molar-refractivity contribution in [2.24, 2.45) is 0 Å². The van der Waals surface area contributed by atoms with Crippen LogP contribution in [-0.4, -0.2) is 16.2 Å². The molecule has 1 aromatic heterocycles. The van der Waals surface area contributed by atoms with E-state index in [-0.39, 0.29) is 6.01 Å². The van der Waals surface area contributed by atoms with Crippen LogP contribution in [0.4, 0.5) is 10.8 Å². The molecule has 0 saturated carbocycles. The summed E-state index contributed by atoms with van der Waals surface area (Å²) < 4.78 is 5.41. The maximum absolute atomic E-state index is 11.8. The average Bonchev–Trinajstić information content (AvgIpc) is 3.02. The molecule has 0 saturated heterocycles. The minimum atomic E-state index is -0.417. The Labute approximate surface area is 143 Å². The first kappa shape index (κ1) is 16.0. The second-order valence-corrected chi connectivity index (χ2v) is 5.53. The number of anilines is 1. The number of amides is 2. The maximum Gasteiger partial charge on any atom is 0.323 e. The number of urea groups is 1. The van der Waals surface area contributed by atoms with E-state index in [1.165, 1.54) is 0 Å². The van der Waals surface area contributed by atoms with Crippen LogP contribution in [0.25, 0.3) is 0 Å². The number of hydrogen-bond donors (Lipinski definition) is 2. The van der Waals surface area contributed by atoms with Gasteiger partial charge in [-0.3, -0.25) is 5.32 Å². The van der Waals surface area contributed by atoms with Gasteiger partial charge in [-0.25, -0.2) is 4.79 Å². The van der Waals surface area contributed by atoms with Gasteiger partial charge in [0, 0.05) is 11.6 Å². The Bertz CT molecular complexity index is 803.